The summed E-state index contributed by atoms with van der Waals surface area (Å²) in [5.41, 5.74) is 0. The molecule has 1 aliphatic heterocycles. The summed E-state index contributed by atoms with van der Waals surface area (Å²) >= 11 is 0. The zero-order valence-corrected chi connectivity index (χ0v) is 10.5. The standard InChI is InChI=1S/C13H24N2O2/c16-13(17)9-14-8-11-4-3-7-15(10-11)12-5-1-2-6-12/h11-12,14H,1-10H2,(H,16,17). The highest BCUT2D eigenvalue weighted by atomic mass is 16.4. The van der Waals surface area contributed by atoms with E-state index in [1.54, 1.807) is 0 Å². The van der Waals surface area contributed by atoms with Gasteiger partial charge in [0.25, 0.3) is 0 Å². The van der Waals surface area contributed by atoms with E-state index in [9.17, 15) is 4.79 Å². The molecule has 2 fully saturated rings. The van der Waals surface area contributed by atoms with Gasteiger partial charge in [0.15, 0.2) is 0 Å². The average molecular weight is 240 g/mol. The fraction of sp³-hybridized carbons (Fsp3) is 0.923. The first-order chi connectivity index (χ1) is 8.25. The molecule has 1 saturated carbocycles. The van der Waals surface area contributed by atoms with Gasteiger partial charge >= 0.3 is 5.97 Å². The van der Waals surface area contributed by atoms with Crippen LogP contribution in [-0.4, -0.2) is 48.2 Å². The monoisotopic (exact) mass is 240 g/mol. The lowest BCUT2D eigenvalue weighted by Crippen LogP contribution is -2.44. The number of hydrogen-bond donors (Lipinski definition) is 2. The van der Waals surface area contributed by atoms with Crippen molar-refractivity contribution in [2.75, 3.05) is 26.2 Å². The number of nitrogens with zero attached hydrogens (tertiary/aromatic N) is 1. The van der Waals surface area contributed by atoms with E-state index in [0.717, 1.165) is 19.1 Å². The summed E-state index contributed by atoms with van der Waals surface area (Å²) in [6, 6.07) is 0.817. The zero-order valence-electron chi connectivity index (χ0n) is 10.5. The Hall–Kier alpha value is -0.610. The maximum Gasteiger partial charge on any atom is 0.317 e. The third-order valence-corrected chi connectivity index (χ3v) is 4.10. The molecule has 1 aliphatic carbocycles. The molecule has 1 saturated heterocycles. The van der Waals surface area contributed by atoms with Crippen LogP contribution in [0, 0.1) is 5.92 Å². The van der Waals surface area contributed by atoms with Crippen LogP contribution < -0.4 is 5.32 Å². The fourth-order valence-electron chi connectivity index (χ4n) is 3.25. The lowest BCUT2D eigenvalue weighted by molar-refractivity contribution is -0.136. The molecule has 1 unspecified atom stereocenters. The van der Waals surface area contributed by atoms with E-state index in [2.05, 4.69) is 10.2 Å². The van der Waals surface area contributed by atoms with Crippen LogP contribution in [0.4, 0.5) is 0 Å². The van der Waals surface area contributed by atoms with E-state index in [4.69, 9.17) is 5.11 Å². The summed E-state index contributed by atoms with van der Waals surface area (Å²) in [6.07, 6.45) is 8.04. The van der Waals surface area contributed by atoms with Gasteiger partial charge in [-0.05, 0) is 44.7 Å². The van der Waals surface area contributed by atoms with Crippen molar-refractivity contribution in [3.63, 3.8) is 0 Å². The van der Waals surface area contributed by atoms with Crippen molar-refractivity contribution in [1.82, 2.24) is 10.2 Å². The second-order valence-electron chi connectivity index (χ2n) is 5.47. The van der Waals surface area contributed by atoms with E-state index < -0.39 is 5.97 Å². The molecule has 98 valence electrons. The molecule has 0 aromatic carbocycles. The lowest BCUT2D eigenvalue weighted by atomic mass is 9.96. The number of hydrogen-bond acceptors (Lipinski definition) is 3. The molecule has 4 heteroatoms. The Morgan fingerprint density at radius 3 is 2.71 bits per heavy atom. The number of nitrogens with one attached hydrogen (secondary N) is 1. The molecule has 0 spiro atoms. The van der Waals surface area contributed by atoms with Gasteiger partial charge in [0, 0.05) is 12.6 Å². The van der Waals surface area contributed by atoms with Crippen LogP contribution in [0.1, 0.15) is 38.5 Å². The van der Waals surface area contributed by atoms with Gasteiger partial charge in [-0.3, -0.25) is 4.79 Å². The number of carboxylic acid groups (broad SMARTS) is 1. The van der Waals surface area contributed by atoms with Crippen LogP contribution in [0.15, 0.2) is 0 Å². The Morgan fingerprint density at radius 1 is 1.24 bits per heavy atom. The molecule has 0 radical (unpaired) electrons. The highest BCUT2D eigenvalue weighted by Gasteiger charge is 2.27. The summed E-state index contributed by atoms with van der Waals surface area (Å²) in [7, 11) is 0. The van der Waals surface area contributed by atoms with Crippen molar-refractivity contribution in [2.24, 2.45) is 5.92 Å². The first-order valence-electron chi connectivity index (χ1n) is 6.92. The molecule has 2 aliphatic rings. The minimum atomic E-state index is -0.756. The Kier molecular flexibility index (Phi) is 4.80. The normalized spacial score (nSPS) is 27.4. The molecular formula is C13H24N2O2. The van der Waals surface area contributed by atoms with Gasteiger partial charge in [-0.15, -0.1) is 0 Å². The average Bonchev–Trinajstić information content (AvgIpc) is 2.82. The molecule has 0 aromatic rings. The molecular weight excluding hydrogens is 216 g/mol. The van der Waals surface area contributed by atoms with Crippen LogP contribution in [0.5, 0.6) is 0 Å². The molecule has 1 heterocycles. The number of rotatable bonds is 5. The minimum Gasteiger partial charge on any atom is -0.480 e. The van der Waals surface area contributed by atoms with Crippen LogP contribution in [0.2, 0.25) is 0 Å². The second-order valence-corrected chi connectivity index (χ2v) is 5.47. The van der Waals surface area contributed by atoms with Gasteiger partial charge in [-0.1, -0.05) is 12.8 Å². The number of carbonyl (C=O) groups is 1. The summed E-state index contributed by atoms with van der Waals surface area (Å²) in [5.74, 6) is -0.114. The topological polar surface area (TPSA) is 52.6 Å². The Balaban J connectivity index is 1.70. The van der Waals surface area contributed by atoms with Crippen molar-refractivity contribution >= 4 is 5.97 Å². The lowest BCUT2D eigenvalue weighted by Gasteiger charge is -2.36. The summed E-state index contributed by atoms with van der Waals surface area (Å²) in [5, 5.41) is 11.6. The van der Waals surface area contributed by atoms with E-state index in [1.807, 2.05) is 0 Å². The van der Waals surface area contributed by atoms with E-state index in [-0.39, 0.29) is 6.54 Å². The maximum absolute atomic E-state index is 10.4. The van der Waals surface area contributed by atoms with E-state index in [1.165, 1.54) is 45.1 Å². The quantitative estimate of drug-likeness (QED) is 0.761. The number of aliphatic carboxylic acids is 1. The summed E-state index contributed by atoms with van der Waals surface area (Å²) in [4.78, 5) is 13.1. The fourth-order valence-corrected chi connectivity index (χ4v) is 3.25. The van der Waals surface area contributed by atoms with Crippen LogP contribution in [-0.2, 0) is 4.79 Å². The summed E-state index contributed by atoms with van der Waals surface area (Å²) in [6.45, 7) is 3.37. The third kappa shape index (κ3) is 3.96. The zero-order chi connectivity index (χ0) is 12.1. The molecule has 0 aromatic heterocycles. The maximum atomic E-state index is 10.4. The predicted molar refractivity (Wildman–Crippen MR) is 67.1 cm³/mol. The number of carboxylic acids is 1. The Morgan fingerprint density at radius 2 is 2.00 bits per heavy atom. The van der Waals surface area contributed by atoms with Gasteiger partial charge in [-0.25, -0.2) is 0 Å². The van der Waals surface area contributed by atoms with Crippen molar-refractivity contribution in [3.8, 4) is 0 Å². The number of likely N-dealkylation sites (tertiary alicyclic amines) is 1. The van der Waals surface area contributed by atoms with Crippen molar-refractivity contribution in [3.05, 3.63) is 0 Å². The van der Waals surface area contributed by atoms with Crippen molar-refractivity contribution < 1.29 is 9.90 Å². The van der Waals surface area contributed by atoms with Gasteiger partial charge in [0.05, 0.1) is 6.54 Å². The number of piperidine rings is 1. The molecule has 17 heavy (non-hydrogen) atoms. The third-order valence-electron chi connectivity index (χ3n) is 4.10. The van der Waals surface area contributed by atoms with Crippen molar-refractivity contribution in [2.45, 2.75) is 44.6 Å². The van der Waals surface area contributed by atoms with E-state index >= 15 is 0 Å². The molecule has 2 rings (SSSR count). The Labute approximate surface area is 103 Å². The van der Waals surface area contributed by atoms with Crippen LogP contribution >= 0.6 is 0 Å². The first-order valence-corrected chi connectivity index (χ1v) is 6.92. The molecule has 0 amide bonds. The Bertz CT molecular complexity index is 252. The van der Waals surface area contributed by atoms with Crippen LogP contribution in [0.3, 0.4) is 0 Å². The summed E-state index contributed by atoms with van der Waals surface area (Å²) < 4.78 is 0. The smallest absolute Gasteiger partial charge is 0.317 e. The first kappa shape index (κ1) is 12.8. The minimum absolute atomic E-state index is 0.0972. The highest BCUT2D eigenvalue weighted by molar-refractivity contribution is 5.68. The SMILES string of the molecule is O=C(O)CNCC1CCCN(C2CCCC2)C1. The van der Waals surface area contributed by atoms with Crippen molar-refractivity contribution in [1.29, 1.82) is 0 Å². The van der Waals surface area contributed by atoms with Gasteiger partial charge < -0.3 is 15.3 Å². The van der Waals surface area contributed by atoms with Gasteiger partial charge in [-0.2, -0.15) is 0 Å². The largest absolute Gasteiger partial charge is 0.480 e. The predicted octanol–water partition coefficient (Wildman–Crippen LogP) is 1.32. The molecule has 4 nitrogen and oxygen atoms in total. The molecule has 2 N–H and O–H groups in total. The molecule has 1 atom stereocenters. The highest BCUT2D eigenvalue weighted by Crippen LogP contribution is 2.27. The van der Waals surface area contributed by atoms with Crippen LogP contribution in [0.25, 0.3) is 0 Å². The molecule has 0 bridgehead atoms. The van der Waals surface area contributed by atoms with Gasteiger partial charge in [0.1, 0.15) is 0 Å². The van der Waals surface area contributed by atoms with Gasteiger partial charge in [0.2, 0.25) is 0 Å². The second kappa shape index (κ2) is 6.36. The van der Waals surface area contributed by atoms with E-state index in [0.29, 0.717) is 5.92 Å².